The van der Waals surface area contributed by atoms with Crippen molar-refractivity contribution in [2.24, 2.45) is 0 Å². The van der Waals surface area contributed by atoms with Gasteiger partial charge in [0.25, 0.3) is 5.91 Å². The zero-order valence-corrected chi connectivity index (χ0v) is 9.78. The standard InChI is InChI=1S/C12H11ClN2O2/c13-10-3-1-2-9(6-10)4-5-14-12(16)11-7-17-8-15-11/h1-3,6-8H,4-5H2,(H,14,16). The lowest BCUT2D eigenvalue weighted by atomic mass is 10.1. The predicted molar refractivity (Wildman–Crippen MR) is 64.0 cm³/mol. The molecule has 0 saturated heterocycles. The van der Waals surface area contributed by atoms with E-state index in [1.807, 2.05) is 24.3 Å². The van der Waals surface area contributed by atoms with Crippen molar-refractivity contribution in [1.29, 1.82) is 0 Å². The number of hydrogen-bond acceptors (Lipinski definition) is 3. The monoisotopic (exact) mass is 250 g/mol. The number of benzene rings is 1. The number of halogens is 1. The molecule has 0 radical (unpaired) electrons. The van der Waals surface area contributed by atoms with Crippen LogP contribution in [-0.2, 0) is 6.42 Å². The number of carbonyl (C=O) groups excluding carboxylic acids is 1. The summed E-state index contributed by atoms with van der Waals surface area (Å²) in [6.45, 7) is 0.534. The van der Waals surface area contributed by atoms with E-state index in [9.17, 15) is 4.79 Å². The molecular weight excluding hydrogens is 240 g/mol. The third-order valence-corrected chi connectivity index (χ3v) is 2.49. The smallest absolute Gasteiger partial charge is 0.273 e. The summed E-state index contributed by atoms with van der Waals surface area (Å²) >= 11 is 5.86. The number of amides is 1. The molecule has 0 aliphatic heterocycles. The first-order chi connectivity index (χ1) is 8.25. The van der Waals surface area contributed by atoms with E-state index in [4.69, 9.17) is 16.0 Å². The van der Waals surface area contributed by atoms with Crippen molar-refractivity contribution in [2.45, 2.75) is 6.42 Å². The molecule has 1 amide bonds. The highest BCUT2D eigenvalue weighted by Gasteiger charge is 2.07. The number of nitrogens with one attached hydrogen (secondary N) is 1. The van der Waals surface area contributed by atoms with Crippen LogP contribution in [0.25, 0.3) is 0 Å². The van der Waals surface area contributed by atoms with Gasteiger partial charge in [-0.05, 0) is 24.1 Å². The van der Waals surface area contributed by atoms with Crippen LogP contribution in [0, 0.1) is 0 Å². The maximum absolute atomic E-state index is 11.5. The fraction of sp³-hybridized carbons (Fsp3) is 0.167. The van der Waals surface area contributed by atoms with Crippen molar-refractivity contribution in [1.82, 2.24) is 10.3 Å². The van der Waals surface area contributed by atoms with Crippen LogP contribution in [0.5, 0.6) is 0 Å². The number of carbonyl (C=O) groups is 1. The third-order valence-electron chi connectivity index (χ3n) is 2.25. The molecule has 0 aliphatic carbocycles. The van der Waals surface area contributed by atoms with Crippen LogP contribution in [0.15, 0.2) is 41.3 Å². The lowest BCUT2D eigenvalue weighted by Crippen LogP contribution is -2.25. The average molecular weight is 251 g/mol. The van der Waals surface area contributed by atoms with Gasteiger partial charge in [-0.25, -0.2) is 4.98 Å². The highest BCUT2D eigenvalue weighted by molar-refractivity contribution is 6.30. The summed E-state index contributed by atoms with van der Waals surface area (Å²) in [5.74, 6) is -0.235. The molecule has 1 N–H and O–H groups in total. The Morgan fingerprint density at radius 2 is 2.35 bits per heavy atom. The molecule has 5 heteroatoms. The maximum atomic E-state index is 11.5. The summed E-state index contributed by atoms with van der Waals surface area (Å²) in [6, 6.07) is 7.55. The van der Waals surface area contributed by atoms with Gasteiger partial charge in [-0.3, -0.25) is 4.79 Å². The van der Waals surface area contributed by atoms with Crippen LogP contribution in [0.3, 0.4) is 0 Å². The highest BCUT2D eigenvalue weighted by atomic mass is 35.5. The van der Waals surface area contributed by atoms with Crippen LogP contribution in [0.1, 0.15) is 16.1 Å². The Labute approximate surface area is 104 Å². The van der Waals surface area contributed by atoms with Crippen LogP contribution < -0.4 is 5.32 Å². The van der Waals surface area contributed by atoms with Gasteiger partial charge in [0, 0.05) is 11.6 Å². The molecule has 0 saturated carbocycles. The quantitative estimate of drug-likeness (QED) is 0.906. The largest absolute Gasteiger partial charge is 0.451 e. The van der Waals surface area contributed by atoms with E-state index in [1.54, 1.807) is 0 Å². The first-order valence-corrected chi connectivity index (χ1v) is 5.54. The molecule has 0 aliphatic rings. The summed E-state index contributed by atoms with van der Waals surface area (Å²) in [7, 11) is 0. The lowest BCUT2D eigenvalue weighted by molar-refractivity contribution is 0.0949. The summed E-state index contributed by atoms with van der Waals surface area (Å²) in [5.41, 5.74) is 1.37. The normalized spacial score (nSPS) is 10.2. The van der Waals surface area contributed by atoms with E-state index < -0.39 is 0 Å². The Kier molecular flexibility index (Phi) is 3.77. The van der Waals surface area contributed by atoms with E-state index >= 15 is 0 Å². The minimum atomic E-state index is -0.235. The fourth-order valence-electron chi connectivity index (χ4n) is 1.43. The van der Waals surface area contributed by atoms with Gasteiger partial charge >= 0.3 is 0 Å². The Balaban J connectivity index is 1.82. The topological polar surface area (TPSA) is 55.1 Å². The van der Waals surface area contributed by atoms with Crippen molar-refractivity contribution < 1.29 is 9.21 Å². The molecule has 0 atom stereocenters. The Morgan fingerprint density at radius 1 is 1.47 bits per heavy atom. The van der Waals surface area contributed by atoms with E-state index in [2.05, 4.69) is 10.3 Å². The van der Waals surface area contributed by atoms with E-state index in [0.29, 0.717) is 11.6 Å². The Bertz CT molecular complexity index is 497. The Morgan fingerprint density at radius 3 is 3.06 bits per heavy atom. The van der Waals surface area contributed by atoms with Gasteiger partial charge in [-0.15, -0.1) is 0 Å². The molecule has 1 aromatic carbocycles. The van der Waals surface area contributed by atoms with Crippen LogP contribution in [0.4, 0.5) is 0 Å². The first kappa shape index (κ1) is 11.7. The van der Waals surface area contributed by atoms with Gasteiger partial charge in [0.1, 0.15) is 6.26 Å². The first-order valence-electron chi connectivity index (χ1n) is 5.16. The Hall–Kier alpha value is -1.81. The van der Waals surface area contributed by atoms with Gasteiger partial charge in [-0.2, -0.15) is 0 Å². The second kappa shape index (κ2) is 5.50. The van der Waals surface area contributed by atoms with E-state index in [0.717, 1.165) is 12.0 Å². The van der Waals surface area contributed by atoms with Gasteiger partial charge in [0.2, 0.25) is 0 Å². The number of rotatable bonds is 4. The van der Waals surface area contributed by atoms with Gasteiger partial charge in [0.15, 0.2) is 12.1 Å². The molecule has 0 spiro atoms. The number of hydrogen-bond donors (Lipinski definition) is 1. The molecule has 2 rings (SSSR count). The third kappa shape index (κ3) is 3.32. The number of nitrogens with zero attached hydrogens (tertiary/aromatic N) is 1. The number of oxazole rings is 1. The van der Waals surface area contributed by atoms with Crippen molar-refractivity contribution in [3.05, 3.63) is 53.2 Å². The molecule has 88 valence electrons. The molecule has 1 heterocycles. The molecule has 2 aromatic rings. The molecule has 1 aromatic heterocycles. The predicted octanol–water partition coefficient (Wildman–Crippen LogP) is 2.30. The SMILES string of the molecule is O=C(NCCc1cccc(Cl)c1)c1cocn1. The average Bonchev–Trinajstić information content (AvgIpc) is 2.82. The van der Waals surface area contributed by atoms with Gasteiger partial charge < -0.3 is 9.73 Å². The van der Waals surface area contributed by atoms with E-state index in [1.165, 1.54) is 12.7 Å². The molecule has 0 bridgehead atoms. The molecule has 0 fully saturated rings. The van der Waals surface area contributed by atoms with E-state index in [-0.39, 0.29) is 11.6 Å². The molecule has 0 unspecified atom stereocenters. The minimum Gasteiger partial charge on any atom is -0.451 e. The van der Waals surface area contributed by atoms with Crippen LogP contribution >= 0.6 is 11.6 Å². The van der Waals surface area contributed by atoms with Crippen LogP contribution in [0.2, 0.25) is 5.02 Å². The molecule has 17 heavy (non-hydrogen) atoms. The maximum Gasteiger partial charge on any atom is 0.273 e. The second-order valence-corrected chi connectivity index (χ2v) is 3.95. The van der Waals surface area contributed by atoms with Crippen molar-refractivity contribution in [3.63, 3.8) is 0 Å². The summed E-state index contributed by atoms with van der Waals surface area (Å²) in [4.78, 5) is 15.3. The number of aromatic nitrogens is 1. The summed E-state index contributed by atoms with van der Waals surface area (Å²) in [6.07, 6.45) is 3.27. The highest BCUT2D eigenvalue weighted by Crippen LogP contribution is 2.10. The van der Waals surface area contributed by atoms with Crippen molar-refractivity contribution in [2.75, 3.05) is 6.54 Å². The lowest BCUT2D eigenvalue weighted by Gasteiger charge is -2.03. The van der Waals surface area contributed by atoms with Crippen molar-refractivity contribution in [3.8, 4) is 0 Å². The molecule has 4 nitrogen and oxygen atoms in total. The van der Waals surface area contributed by atoms with Gasteiger partial charge in [-0.1, -0.05) is 23.7 Å². The van der Waals surface area contributed by atoms with Crippen LogP contribution in [-0.4, -0.2) is 17.4 Å². The summed E-state index contributed by atoms with van der Waals surface area (Å²) < 4.78 is 4.73. The summed E-state index contributed by atoms with van der Waals surface area (Å²) in [5, 5.41) is 3.45. The fourth-order valence-corrected chi connectivity index (χ4v) is 1.64. The zero-order valence-electron chi connectivity index (χ0n) is 9.02. The molecular formula is C12H11ClN2O2. The van der Waals surface area contributed by atoms with Crippen molar-refractivity contribution >= 4 is 17.5 Å². The second-order valence-electron chi connectivity index (χ2n) is 3.51. The minimum absolute atomic E-state index is 0.235. The zero-order chi connectivity index (χ0) is 12.1. The van der Waals surface area contributed by atoms with Gasteiger partial charge in [0.05, 0.1) is 0 Å².